The Morgan fingerprint density at radius 1 is 1.30 bits per heavy atom. The monoisotopic (exact) mass is 296 g/mol. The van der Waals surface area contributed by atoms with Crippen molar-refractivity contribution in [3.05, 3.63) is 29.8 Å². The topological polar surface area (TPSA) is 63.4 Å². The summed E-state index contributed by atoms with van der Waals surface area (Å²) in [5.41, 5.74) is 6.81. The van der Waals surface area contributed by atoms with E-state index >= 15 is 0 Å². The molecule has 1 aromatic carbocycles. The first-order chi connectivity index (χ1) is 9.49. The fourth-order valence-electron chi connectivity index (χ4n) is 2.87. The van der Waals surface area contributed by atoms with Crippen molar-refractivity contribution in [1.82, 2.24) is 4.90 Å². The Morgan fingerprint density at radius 3 is 2.60 bits per heavy atom. The van der Waals surface area contributed by atoms with Gasteiger partial charge in [-0.05, 0) is 56.0 Å². The minimum absolute atomic E-state index is 0.390. The first kappa shape index (κ1) is 15.5. The molecule has 1 aliphatic rings. The predicted octanol–water partition coefficient (Wildman–Crippen LogP) is 1.65. The Hall–Kier alpha value is -0.910. The van der Waals surface area contributed by atoms with Gasteiger partial charge < -0.3 is 5.73 Å². The van der Waals surface area contributed by atoms with Crippen LogP contribution in [0.25, 0.3) is 0 Å². The zero-order valence-corrected chi connectivity index (χ0v) is 12.9. The minimum atomic E-state index is -3.10. The fraction of sp³-hybridized carbons (Fsp3) is 0.600. The zero-order chi connectivity index (χ0) is 14.6. The second-order valence-corrected chi connectivity index (χ2v) is 7.75. The molecule has 1 atom stereocenters. The summed E-state index contributed by atoms with van der Waals surface area (Å²) in [6.45, 7) is 3.88. The predicted molar refractivity (Wildman–Crippen MR) is 81.2 cm³/mol. The van der Waals surface area contributed by atoms with E-state index in [2.05, 4.69) is 4.90 Å². The largest absolute Gasteiger partial charge is 0.330 e. The lowest BCUT2D eigenvalue weighted by Gasteiger charge is -2.32. The van der Waals surface area contributed by atoms with Gasteiger partial charge in [0.15, 0.2) is 9.84 Å². The molecule has 0 bridgehead atoms. The van der Waals surface area contributed by atoms with Crippen molar-refractivity contribution < 1.29 is 8.42 Å². The van der Waals surface area contributed by atoms with Crippen LogP contribution < -0.4 is 5.73 Å². The van der Waals surface area contributed by atoms with Crippen molar-refractivity contribution in [2.24, 2.45) is 11.7 Å². The van der Waals surface area contributed by atoms with Crippen molar-refractivity contribution in [2.75, 3.05) is 25.9 Å². The second-order valence-electron chi connectivity index (χ2n) is 5.74. The molecule has 1 fully saturated rings. The van der Waals surface area contributed by atoms with Gasteiger partial charge in [-0.2, -0.15) is 0 Å². The van der Waals surface area contributed by atoms with E-state index in [1.165, 1.54) is 24.7 Å². The summed E-state index contributed by atoms with van der Waals surface area (Å²) >= 11 is 0. The number of nitrogens with two attached hydrogens (primary N) is 1. The molecule has 1 aliphatic heterocycles. The van der Waals surface area contributed by atoms with Crippen LogP contribution in [0, 0.1) is 5.92 Å². The smallest absolute Gasteiger partial charge is 0.175 e. The van der Waals surface area contributed by atoms with Crippen molar-refractivity contribution in [2.45, 2.75) is 30.7 Å². The number of rotatable bonds is 5. The molecule has 1 heterocycles. The number of benzene rings is 1. The van der Waals surface area contributed by atoms with Crippen LogP contribution in [0.3, 0.4) is 0 Å². The molecule has 1 aromatic rings. The fourth-order valence-corrected chi connectivity index (χ4v) is 3.50. The van der Waals surface area contributed by atoms with Gasteiger partial charge in [0.2, 0.25) is 0 Å². The first-order valence-corrected chi connectivity index (χ1v) is 9.09. The molecule has 1 saturated heterocycles. The summed E-state index contributed by atoms with van der Waals surface area (Å²) in [5.74, 6) is 0.712. The molecule has 112 valence electrons. The van der Waals surface area contributed by atoms with Crippen LogP contribution in [0.5, 0.6) is 0 Å². The average molecular weight is 296 g/mol. The third-order valence-electron chi connectivity index (χ3n) is 3.94. The molecule has 0 amide bonds. The molecule has 0 spiro atoms. The summed E-state index contributed by atoms with van der Waals surface area (Å²) in [7, 11) is -3.10. The number of hydrogen-bond donors (Lipinski definition) is 1. The highest BCUT2D eigenvalue weighted by Crippen LogP contribution is 2.21. The van der Waals surface area contributed by atoms with E-state index in [4.69, 9.17) is 5.73 Å². The Labute approximate surface area is 121 Å². The summed E-state index contributed by atoms with van der Waals surface area (Å²) in [5, 5.41) is 0. The Balaban J connectivity index is 1.96. The van der Waals surface area contributed by atoms with Crippen LogP contribution in [-0.4, -0.2) is 39.2 Å². The number of hydrogen-bond acceptors (Lipinski definition) is 4. The Morgan fingerprint density at radius 2 is 2.00 bits per heavy atom. The first-order valence-electron chi connectivity index (χ1n) is 7.20. The maximum absolute atomic E-state index is 11.4. The van der Waals surface area contributed by atoms with Gasteiger partial charge in [0.25, 0.3) is 0 Å². The molecule has 4 nitrogen and oxygen atoms in total. The summed E-state index contributed by atoms with van der Waals surface area (Å²) in [4.78, 5) is 2.83. The highest BCUT2D eigenvalue weighted by atomic mass is 32.2. The van der Waals surface area contributed by atoms with Crippen molar-refractivity contribution in [3.63, 3.8) is 0 Å². The zero-order valence-electron chi connectivity index (χ0n) is 12.1. The molecular weight excluding hydrogens is 272 g/mol. The summed E-state index contributed by atoms with van der Waals surface area (Å²) < 4.78 is 22.9. The SMILES string of the molecule is CS(=O)(=O)c1ccc(CN2CCCC(CCN)C2)cc1. The van der Waals surface area contributed by atoms with Crippen LogP contribution in [0.4, 0.5) is 0 Å². The van der Waals surface area contributed by atoms with Crippen LogP contribution >= 0.6 is 0 Å². The summed E-state index contributed by atoms with van der Waals surface area (Å²) in [6.07, 6.45) is 4.85. The number of piperidine rings is 1. The molecule has 0 aromatic heterocycles. The Bertz CT molecular complexity index is 523. The van der Waals surface area contributed by atoms with E-state index in [0.717, 1.165) is 32.6 Å². The Kier molecular flexibility index (Phi) is 5.18. The van der Waals surface area contributed by atoms with Gasteiger partial charge in [-0.3, -0.25) is 4.90 Å². The van der Waals surface area contributed by atoms with Gasteiger partial charge in [0.1, 0.15) is 0 Å². The quantitative estimate of drug-likeness (QED) is 0.897. The van der Waals surface area contributed by atoms with E-state index in [1.54, 1.807) is 12.1 Å². The molecule has 1 unspecified atom stereocenters. The van der Waals surface area contributed by atoms with Gasteiger partial charge in [-0.15, -0.1) is 0 Å². The van der Waals surface area contributed by atoms with Gasteiger partial charge in [-0.25, -0.2) is 8.42 Å². The average Bonchev–Trinajstić information content (AvgIpc) is 2.39. The highest BCUT2D eigenvalue weighted by molar-refractivity contribution is 7.90. The lowest BCUT2D eigenvalue weighted by atomic mass is 9.94. The van der Waals surface area contributed by atoms with Crippen LogP contribution in [0.15, 0.2) is 29.2 Å². The maximum Gasteiger partial charge on any atom is 0.175 e. The van der Waals surface area contributed by atoms with Gasteiger partial charge in [-0.1, -0.05) is 12.1 Å². The third-order valence-corrected chi connectivity index (χ3v) is 5.06. The van der Waals surface area contributed by atoms with Crippen molar-refractivity contribution in [1.29, 1.82) is 0 Å². The molecule has 2 rings (SSSR count). The standard InChI is InChI=1S/C15H24N2O2S/c1-20(18,19)15-6-4-14(5-7-15)12-17-10-2-3-13(11-17)8-9-16/h4-7,13H,2-3,8-12,16H2,1H3. The third kappa shape index (κ3) is 4.30. The van der Waals surface area contributed by atoms with E-state index in [9.17, 15) is 8.42 Å². The van der Waals surface area contributed by atoms with Crippen LogP contribution in [0.1, 0.15) is 24.8 Å². The minimum Gasteiger partial charge on any atom is -0.330 e. The van der Waals surface area contributed by atoms with Crippen LogP contribution in [-0.2, 0) is 16.4 Å². The van der Waals surface area contributed by atoms with Gasteiger partial charge >= 0.3 is 0 Å². The molecule has 0 aliphatic carbocycles. The highest BCUT2D eigenvalue weighted by Gasteiger charge is 2.19. The molecular formula is C15H24N2O2S. The normalized spacial score (nSPS) is 21.0. The van der Waals surface area contributed by atoms with Crippen molar-refractivity contribution >= 4 is 9.84 Å². The second kappa shape index (κ2) is 6.70. The lowest BCUT2D eigenvalue weighted by molar-refractivity contribution is 0.163. The molecule has 0 saturated carbocycles. The molecule has 2 N–H and O–H groups in total. The van der Waals surface area contributed by atoms with E-state index < -0.39 is 9.84 Å². The van der Waals surface area contributed by atoms with E-state index in [0.29, 0.717) is 10.8 Å². The summed E-state index contributed by atoms with van der Waals surface area (Å²) in [6, 6.07) is 7.24. The molecule has 0 radical (unpaired) electrons. The molecule has 20 heavy (non-hydrogen) atoms. The van der Waals surface area contributed by atoms with Crippen LogP contribution in [0.2, 0.25) is 0 Å². The number of nitrogens with zero attached hydrogens (tertiary/aromatic N) is 1. The maximum atomic E-state index is 11.4. The van der Waals surface area contributed by atoms with Gasteiger partial charge in [0, 0.05) is 19.3 Å². The number of likely N-dealkylation sites (tertiary alicyclic amines) is 1. The van der Waals surface area contributed by atoms with E-state index in [1.807, 2.05) is 12.1 Å². The van der Waals surface area contributed by atoms with Gasteiger partial charge in [0.05, 0.1) is 4.90 Å². The lowest BCUT2D eigenvalue weighted by Crippen LogP contribution is -2.35. The number of sulfone groups is 1. The van der Waals surface area contributed by atoms with E-state index in [-0.39, 0.29) is 0 Å². The molecule has 5 heteroatoms. The van der Waals surface area contributed by atoms with Crippen molar-refractivity contribution in [3.8, 4) is 0 Å².